The Morgan fingerprint density at radius 2 is 2.00 bits per heavy atom. The van der Waals surface area contributed by atoms with E-state index in [-0.39, 0.29) is 36.4 Å². The molecule has 9 nitrogen and oxygen atoms in total. The van der Waals surface area contributed by atoms with Crippen LogP contribution in [0.5, 0.6) is 0 Å². The number of Topliss-reactive ketones (excluding diaryl/α,β-unsaturated/α-hetero) is 1. The molecule has 1 aliphatic rings. The maximum absolute atomic E-state index is 12.3. The van der Waals surface area contributed by atoms with Crippen LogP contribution in [0.1, 0.15) is 22.2 Å². The van der Waals surface area contributed by atoms with Crippen LogP contribution in [0.15, 0.2) is 24.0 Å². The first-order valence-electron chi connectivity index (χ1n) is 8.92. The van der Waals surface area contributed by atoms with Crippen LogP contribution in [0.4, 0.5) is 0 Å². The van der Waals surface area contributed by atoms with Crippen molar-refractivity contribution in [3.05, 3.63) is 24.0 Å². The number of nitrogens with one attached hydrogen (secondary N) is 4. The van der Waals surface area contributed by atoms with Gasteiger partial charge in [-0.05, 0) is 14.0 Å². The average Bonchev–Trinajstić information content (AvgIpc) is 2.83. The molecule has 5 N–H and O–H groups in total. The van der Waals surface area contributed by atoms with Gasteiger partial charge in [-0.1, -0.05) is 19.6 Å². The van der Waals surface area contributed by atoms with Gasteiger partial charge in [0.05, 0.1) is 24.0 Å². The molecule has 0 aromatic carbocycles. The van der Waals surface area contributed by atoms with E-state index >= 15 is 0 Å². The zero-order valence-corrected chi connectivity index (χ0v) is 18.8. The van der Waals surface area contributed by atoms with E-state index in [0.29, 0.717) is 11.5 Å². The zero-order chi connectivity index (χ0) is 22.6. The van der Waals surface area contributed by atoms with Crippen molar-refractivity contribution in [1.82, 2.24) is 21.3 Å². The molecule has 11 heteroatoms. The Morgan fingerprint density at radius 1 is 1.41 bits per heavy atom. The molecule has 1 rings (SSSR count). The molecule has 0 aliphatic carbocycles. The highest BCUT2D eigenvalue weighted by molar-refractivity contribution is 8.00. The first-order chi connectivity index (χ1) is 13.6. The fourth-order valence-corrected chi connectivity index (χ4v) is 3.40. The Balaban J connectivity index is 0. The van der Waals surface area contributed by atoms with E-state index in [1.54, 1.807) is 14.0 Å². The summed E-state index contributed by atoms with van der Waals surface area (Å²) in [4.78, 5) is 47.8. The lowest BCUT2D eigenvalue weighted by Crippen LogP contribution is -2.53. The molecule has 166 valence electrons. The zero-order valence-electron chi connectivity index (χ0n) is 17.1. The van der Waals surface area contributed by atoms with E-state index < -0.39 is 23.9 Å². The number of likely N-dealkylation sites (N-methyl/N-ethyl adjacent to an activating group) is 1. The number of rotatable bonds is 7. The number of carbonyl (C=O) groups excluding carboxylic acids is 4. The van der Waals surface area contributed by atoms with Gasteiger partial charge in [0, 0.05) is 25.1 Å². The Labute approximate surface area is 182 Å². The number of aliphatic hydroxyl groups excluding tert-OH is 1. The quantitative estimate of drug-likeness (QED) is 0.230. The third kappa shape index (κ3) is 9.48. The molecule has 0 bridgehead atoms. The maximum Gasteiger partial charge on any atom is 0.271 e. The van der Waals surface area contributed by atoms with Gasteiger partial charge in [0.1, 0.15) is 6.04 Å². The number of ketones is 1. The Hall–Kier alpha value is -1.82. The van der Waals surface area contributed by atoms with Crippen LogP contribution in [0.2, 0.25) is 0 Å². The number of hydrogen-bond donors (Lipinski definition) is 6. The molecular formula is C18H32N4O5S2. The highest BCUT2D eigenvalue weighted by Gasteiger charge is 2.33. The predicted molar refractivity (Wildman–Crippen MR) is 120 cm³/mol. The summed E-state index contributed by atoms with van der Waals surface area (Å²) < 4.78 is 0. The first-order valence-corrected chi connectivity index (χ1v) is 10.6. The number of hydrogen-bond acceptors (Lipinski definition) is 8. The lowest BCUT2D eigenvalue weighted by Gasteiger charge is -2.18. The van der Waals surface area contributed by atoms with Crippen molar-refractivity contribution < 1.29 is 25.7 Å². The summed E-state index contributed by atoms with van der Waals surface area (Å²) in [5.41, 5.74) is -0.0864. The Morgan fingerprint density at radius 3 is 2.45 bits per heavy atom. The largest absolute Gasteiger partial charge is 0.396 e. The van der Waals surface area contributed by atoms with Crippen molar-refractivity contribution in [2.75, 3.05) is 25.2 Å². The highest BCUT2D eigenvalue weighted by atomic mass is 32.2. The molecule has 1 aliphatic heterocycles. The number of amides is 3. The van der Waals surface area contributed by atoms with Crippen molar-refractivity contribution in [2.45, 2.75) is 38.1 Å². The van der Waals surface area contributed by atoms with Crippen molar-refractivity contribution in [2.24, 2.45) is 0 Å². The van der Waals surface area contributed by atoms with Crippen LogP contribution in [-0.2, 0) is 19.2 Å². The fraction of sp³-hybridized carbons (Fsp3) is 0.556. The van der Waals surface area contributed by atoms with Gasteiger partial charge >= 0.3 is 0 Å². The second-order valence-electron chi connectivity index (χ2n) is 5.99. The maximum atomic E-state index is 12.3. The summed E-state index contributed by atoms with van der Waals surface area (Å²) in [6.45, 7) is 8.52. The molecule has 1 saturated heterocycles. The lowest BCUT2D eigenvalue weighted by atomic mass is 10.2. The van der Waals surface area contributed by atoms with Crippen LogP contribution < -0.4 is 21.3 Å². The molecule has 0 saturated carbocycles. The van der Waals surface area contributed by atoms with E-state index in [1.807, 2.05) is 6.92 Å². The van der Waals surface area contributed by atoms with E-state index in [2.05, 4.69) is 40.5 Å². The minimum absolute atomic E-state index is 0. The third-order valence-corrected chi connectivity index (χ3v) is 5.31. The van der Waals surface area contributed by atoms with Gasteiger partial charge in [-0.3, -0.25) is 19.2 Å². The van der Waals surface area contributed by atoms with Crippen molar-refractivity contribution in [3.8, 4) is 0 Å². The molecule has 29 heavy (non-hydrogen) atoms. The summed E-state index contributed by atoms with van der Waals surface area (Å²) in [5.74, 6) is -0.864. The van der Waals surface area contributed by atoms with Gasteiger partial charge in [-0.25, -0.2) is 0 Å². The summed E-state index contributed by atoms with van der Waals surface area (Å²) >= 11 is 5.15. The molecule has 0 aromatic heterocycles. The summed E-state index contributed by atoms with van der Waals surface area (Å²) in [5, 5.41) is 18.1. The van der Waals surface area contributed by atoms with Crippen LogP contribution in [0, 0.1) is 0 Å². The van der Waals surface area contributed by atoms with Gasteiger partial charge in [-0.2, -0.15) is 24.4 Å². The molecule has 3 amide bonds. The smallest absolute Gasteiger partial charge is 0.271 e. The summed E-state index contributed by atoms with van der Waals surface area (Å²) in [7, 11) is 1.68. The third-order valence-electron chi connectivity index (χ3n) is 3.79. The second kappa shape index (κ2) is 14.2. The number of allylic oxidation sites excluding steroid dienone is 2. The van der Waals surface area contributed by atoms with Crippen molar-refractivity contribution >= 4 is 47.9 Å². The minimum atomic E-state index is -0.781. The minimum Gasteiger partial charge on any atom is -0.396 e. The molecule has 0 spiro atoms. The molecular weight excluding hydrogens is 416 g/mol. The molecule has 1 fully saturated rings. The summed E-state index contributed by atoms with van der Waals surface area (Å²) in [6, 6.07) is -1.18. The van der Waals surface area contributed by atoms with Gasteiger partial charge in [-0.15, -0.1) is 0 Å². The van der Waals surface area contributed by atoms with Crippen molar-refractivity contribution in [1.29, 1.82) is 0 Å². The van der Waals surface area contributed by atoms with Crippen LogP contribution in [-0.4, -0.2) is 71.1 Å². The average molecular weight is 449 g/mol. The van der Waals surface area contributed by atoms with Crippen LogP contribution >= 0.6 is 24.4 Å². The van der Waals surface area contributed by atoms with E-state index in [1.165, 1.54) is 24.8 Å². The normalized spacial score (nSPS) is 21.7. The van der Waals surface area contributed by atoms with Gasteiger partial charge in [0.2, 0.25) is 11.8 Å². The Kier molecular flexibility index (Phi) is 13.3. The molecule has 0 aromatic rings. The fourth-order valence-electron chi connectivity index (χ4n) is 2.22. The van der Waals surface area contributed by atoms with Gasteiger partial charge in [0.25, 0.3) is 5.91 Å². The lowest BCUT2D eigenvalue weighted by molar-refractivity contribution is -0.129. The van der Waals surface area contributed by atoms with E-state index in [9.17, 15) is 19.2 Å². The standard InChI is InChI=1S/C16H24N4O4S.C2H6OS.H2/c1-6-11(9(3)21)19-14(22)8(2)18-15(23)12-7-25-10(4)13(17-5)16(24)20-12;3-1-2-4;/h6,10,12-13,17H,2,7H2,1,3-5H3,(H,18,23)(H,19,22)(H,20,24);3-4H,1-2H2;1H/b11-6-;;. The highest BCUT2D eigenvalue weighted by Crippen LogP contribution is 2.19. The summed E-state index contributed by atoms with van der Waals surface area (Å²) in [6.07, 6.45) is 1.46. The number of carbonyl (C=O) groups is 4. The number of thioether (sulfide) groups is 1. The van der Waals surface area contributed by atoms with Gasteiger partial charge < -0.3 is 26.4 Å². The molecule has 3 atom stereocenters. The predicted octanol–water partition coefficient (Wildman–Crippen LogP) is -0.412. The second-order valence-corrected chi connectivity index (χ2v) is 7.85. The monoisotopic (exact) mass is 448 g/mol. The van der Waals surface area contributed by atoms with Crippen LogP contribution in [0.25, 0.3) is 0 Å². The molecule has 3 unspecified atom stereocenters. The van der Waals surface area contributed by atoms with Gasteiger partial charge in [0.15, 0.2) is 5.78 Å². The number of thiol groups is 1. The van der Waals surface area contributed by atoms with E-state index in [0.717, 1.165) is 0 Å². The molecule has 0 radical (unpaired) electrons. The van der Waals surface area contributed by atoms with Crippen molar-refractivity contribution in [3.63, 3.8) is 0 Å². The number of aliphatic hydroxyl groups is 1. The Bertz CT molecular complexity index is 658. The molecule has 1 heterocycles. The topological polar surface area (TPSA) is 137 Å². The van der Waals surface area contributed by atoms with E-state index in [4.69, 9.17) is 5.11 Å². The first kappa shape index (κ1) is 27.2. The van der Waals surface area contributed by atoms with Crippen LogP contribution in [0.3, 0.4) is 0 Å². The SMILES string of the molecule is C=C(NC(=O)C1CSC(C)C(NC)C(=O)N1)C(=O)N/C(=C\C)C(C)=O.OCCS.[HH].